The minimum absolute atomic E-state index is 0.0194. The van der Waals surface area contributed by atoms with Gasteiger partial charge >= 0.3 is 6.03 Å². The molecule has 4 unspecified atom stereocenters. The Labute approximate surface area is 150 Å². The highest BCUT2D eigenvalue weighted by atomic mass is 16.3. The van der Waals surface area contributed by atoms with Gasteiger partial charge in [0.1, 0.15) is 0 Å². The van der Waals surface area contributed by atoms with Crippen molar-refractivity contribution in [1.29, 1.82) is 0 Å². The van der Waals surface area contributed by atoms with Crippen LogP contribution in [0.5, 0.6) is 0 Å². The van der Waals surface area contributed by atoms with Gasteiger partial charge < -0.3 is 15.3 Å². The predicted molar refractivity (Wildman–Crippen MR) is 97.1 cm³/mol. The fourth-order valence-electron chi connectivity index (χ4n) is 4.90. The minimum atomic E-state index is -0.358. The Kier molecular flexibility index (Phi) is 4.95. The molecular formula is C20H29N3O2. The maximum absolute atomic E-state index is 12.6. The molecule has 3 aliphatic rings. The van der Waals surface area contributed by atoms with Gasteiger partial charge in [0.15, 0.2) is 0 Å². The average molecular weight is 343 g/mol. The highest BCUT2D eigenvalue weighted by Gasteiger charge is 2.43. The molecule has 2 aliphatic heterocycles. The van der Waals surface area contributed by atoms with Gasteiger partial charge in [-0.3, -0.25) is 4.90 Å². The topological polar surface area (TPSA) is 55.8 Å². The van der Waals surface area contributed by atoms with Gasteiger partial charge in [-0.15, -0.1) is 0 Å². The maximum atomic E-state index is 12.6. The number of aliphatic hydroxyl groups excluding tert-OH is 1. The summed E-state index contributed by atoms with van der Waals surface area (Å²) in [5.74, 6) is 1.28. The Balaban J connectivity index is 1.31. The van der Waals surface area contributed by atoms with Crippen molar-refractivity contribution >= 4 is 6.03 Å². The van der Waals surface area contributed by atoms with Crippen LogP contribution in [0.4, 0.5) is 4.79 Å². The zero-order chi connectivity index (χ0) is 17.2. The number of carbonyl (C=O) groups is 1. The number of amides is 2. The molecule has 5 nitrogen and oxygen atoms in total. The number of nitrogens with one attached hydrogen (secondary N) is 1. The molecule has 2 saturated heterocycles. The first kappa shape index (κ1) is 16.9. The molecule has 0 spiro atoms. The highest BCUT2D eigenvalue weighted by Crippen LogP contribution is 2.38. The van der Waals surface area contributed by atoms with Crippen LogP contribution in [0.25, 0.3) is 0 Å². The molecule has 25 heavy (non-hydrogen) atoms. The smallest absolute Gasteiger partial charge is 0.317 e. The fourth-order valence-corrected chi connectivity index (χ4v) is 4.90. The lowest BCUT2D eigenvalue weighted by Crippen LogP contribution is -2.51. The Hall–Kier alpha value is -1.59. The molecule has 1 aromatic carbocycles. The van der Waals surface area contributed by atoms with Gasteiger partial charge in [-0.2, -0.15) is 0 Å². The minimum Gasteiger partial charge on any atom is -0.391 e. The Bertz CT molecular complexity index is 594. The van der Waals surface area contributed by atoms with Crippen LogP contribution in [0.1, 0.15) is 31.2 Å². The first-order valence-corrected chi connectivity index (χ1v) is 9.69. The summed E-state index contributed by atoms with van der Waals surface area (Å²) in [6.45, 7) is 4.48. The van der Waals surface area contributed by atoms with E-state index in [2.05, 4.69) is 40.5 Å². The quantitative estimate of drug-likeness (QED) is 0.883. The number of rotatable bonds is 3. The molecule has 2 N–H and O–H groups in total. The average Bonchev–Trinajstić information content (AvgIpc) is 3.17. The number of urea groups is 1. The van der Waals surface area contributed by atoms with E-state index in [0.717, 1.165) is 45.4 Å². The van der Waals surface area contributed by atoms with Crippen molar-refractivity contribution in [3.63, 3.8) is 0 Å². The van der Waals surface area contributed by atoms with Crippen molar-refractivity contribution in [2.75, 3.05) is 26.2 Å². The molecule has 0 aromatic heterocycles. The number of benzene rings is 1. The SMILES string of the molecule is O=C(NC1CCC2CN(Cc3ccccc3)CC21)N1CCCC(O)C1. The summed E-state index contributed by atoms with van der Waals surface area (Å²) in [6, 6.07) is 10.9. The molecule has 0 radical (unpaired) electrons. The third kappa shape index (κ3) is 3.82. The van der Waals surface area contributed by atoms with E-state index in [0.29, 0.717) is 18.4 Å². The summed E-state index contributed by atoms with van der Waals surface area (Å²) < 4.78 is 0. The molecular weight excluding hydrogens is 314 g/mol. The van der Waals surface area contributed by atoms with E-state index in [1.54, 1.807) is 4.90 Å². The van der Waals surface area contributed by atoms with Gasteiger partial charge in [-0.05, 0) is 43.1 Å². The van der Waals surface area contributed by atoms with E-state index in [9.17, 15) is 9.90 Å². The number of piperidine rings is 1. The Morgan fingerprint density at radius 2 is 1.96 bits per heavy atom. The molecule has 5 heteroatoms. The summed E-state index contributed by atoms with van der Waals surface area (Å²) in [6.07, 6.45) is 3.66. The molecule has 0 bridgehead atoms. The number of carbonyl (C=O) groups excluding carboxylic acids is 1. The van der Waals surface area contributed by atoms with Gasteiger partial charge in [0.05, 0.1) is 6.10 Å². The van der Waals surface area contributed by atoms with Crippen LogP contribution in [0.15, 0.2) is 30.3 Å². The number of aliphatic hydroxyl groups is 1. The van der Waals surface area contributed by atoms with Crippen LogP contribution in [0.2, 0.25) is 0 Å². The van der Waals surface area contributed by atoms with Crippen LogP contribution in [0, 0.1) is 11.8 Å². The van der Waals surface area contributed by atoms with E-state index in [4.69, 9.17) is 0 Å². The van der Waals surface area contributed by atoms with Crippen molar-refractivity contribution in [1.82, 2.24) is 15.1 Å². The molecule has 2 heterocycles. The maximum Gasteiger partial charge on any atom is 0.317 e. The lowest BCUT2D eigenvalue weighted by atomic mass is 9.98. The summed E-state index contributed by atoms with van der Waals surface area (Å²) in [5.41, 5.74) is 1.37. The van der Waals surface area contributed by atoms with E-state index < -0.39 is 0 Å². The van der Waals surface area contributed by atoms with Gasteiger partial charge in [0.2, 0.25) is 0 Å². The standard InChI is InChI=1S/C20H29N3O2/c24-17-7-4-10-23(13-17)20(25)21-19-9-8-16-12-22(14-18(16)19)11-15-5-2-1-3-6-15/h1-3,5-6,16-19,24H,4,7-14H2,(H,21,25). The van der Waals surface area contributed by atoms with Crippen LogP contribution in [0.3, 0.4) is 0 Å². The van der Waals surface area contributed by atoms with Crippen molar-refractivity contribution in [3.8, 4) is 0 Å². The lowest BCUT2D eigenvalue weighted by molar-refractivity contribution is 0.0826. The van der Waals surface area contributed by atoms with Gasteiger partial charge in [0.25, 0.3) is 0 Å². The van der Waals surface area contributed by atoms with Crippen molar-refractivity contribution in [2.45, 2.75) is 44.4 Å². The Morgan fingerprint density at radius 1 is 1.12 bits per heavy atom. The normalized spacial score (nSPS) is 32.6. The number of hydrogen-bond donors (Lipinski definition) is 2. The summed E-state index contributed by atoms with van der Waals surface area (Å²) in [4.78, 5) is 16.9. The van der Waals surface area contributed by atoms with Gasteiger partial charge in [-0.1, -0.05) is 30.3 Å². The second-order valence-electron chi connectivity index (χ2n) is 7.98. The van der Waals surface area contributed by atoms with Crippen LogP contribution in [-0.4, -0.2) is 59.3 Å². The lowest BCUT2D eigenvalue weighted by Gasteiger charge is -2.32. The molecule has 1 aliphatic carbocycles. The summed E-state index contributed by atoms with van der Waals surface area (Å²) >= 11 is 0. The largest absolute Gasteiger partial charge is 0.391 e. The third-order valence-corrected chi connectivity index (χ3v) is 6.17. The fraction of sp³-hybridized carbons (Fsp3) is 0.650. The van der Waals surface area contributed by atoms with Crippen LogP contribution in [-0.2, 0) is 6.54 Å². The van der Waals surface area contributed by atoms with E-state index in [1.165, 1.54) is 12.0 Å². The molecule has 1 aromatic rings. The number of fused-ring (bicyclic) bond motifs is 1. The number of likely N-dealkylation sites (tertiary alicyclic amines) is 2. The van der Waals surface area contributed by atoms with Crippen molar-refractivity contribution < 1.29 is 9.90 Å². The molecule has 2 amide bonds. The van der Waals surface area contributed by atoms with Crippen LogP contribution >= 0.6 is 0 Å². The molecule has 1 saturated carbocycles. The number of β-amino-alcohol motifs (C(OH)–C–C–N with tert-alkyl or cyclic N) is 1. The summed E-state index contributed by atoms with van der Waals surface area (Å²) in [7, 11) is 0. The van der Waals surface area contributed by atoms with Crippen molar-refractivity contribution in [3.05, 3.63) is 35.9 Å². The number of hydrogen-bond acceptors (Lipinski definition) is 3. The zero-order valence-corrected chi connectivity index (χ0v) is 14.8. The van der Waals surface area contributed by atoms with Crippen molar-refractivity contribution in [2.24, 2.45) is 11.8 Å². The third-order valence-electron chi connectivity index (χ3n) is 6.17. The predicted octanol–water partition coefficient (Wildman–Crippen LogP) is 2.06. The molecule has 4 atom stereocenters. The van der Waals surface area contributed by atoms with E-state index in [1.807, 2.05) is 0 Å². The Morgan fingerprint density at radius 3 is 2.76 bits per heavy atom. The summed E-state index contributed by atoms with van der Waals surface area (Å²) in [5, 5.41) is 13.1. The van der Waals surface area contributed by atoms with Crippen LogP contribution < -0.4 is 5.32 Å². The van der Waals surface area contributed by atoms with Gasteiger partial charge in [-0.25, -0.2) is 4.79 Å². The second kappa shape index (κ2) is 7.34. The molecule has 4 rings (SSSR count). The first-order valence-electron chi connectivity index (χ1n) is 9.69. The molecule has 136 valence electrons. The molecule has 3 fully saturated rings. The second-order valence-corrected chi connectivity index (χ2v) is 7.98. The zero-order valence-electron chi connectivity index (χ0n) is 14.8. The monoisotopic (exact) mass is 343 g/mol. The highest BCUT2D eigenvalue weighted by molar-refractivity contribution is 5.74. The number of nitrogens with zero attached hydrogens (tertiary/aromatic N) is 2. The van der Waals surface area contributed by atoms with E-state index >= 15 is 0 Å². The van der Waals surface area contributed by atoms with E-state index in [-0.39, 0.29) is 18.2 Å². The first-order chi connectivity index (χ1) is 12.2. The van der Waals surface area contributed by atoms with Gasteiger partial charge in [0, 0.05) is 38.8 Å².